The van der Waals surface area contributed by atoms with Gasteiger partial charge in [-0.25, -0.2) is 4.39 Å². The van der Waals surface area contributed by atoms with Crippen LogP contribution in [0.5, 0.6) is 0 Å². The molecule has 0 bridgehead atoms. The highest BCUT2D eigenvalue weighted by Gasteiger charge is 2.09. The molecule has 20 heavy (non-hydrogen) atoms. The summed E-state index contributed by atoms with van der Waals surface area (Å²) < 4.78 is 18.3. The Morgan fingerprint density at radius 3 is 3.05 bits per heavy atom. The SMILES string of the molecule is CSCc1nnc(SCC(=O)Nc2cccc(F)c2)o1. The second-order valence-electron chi connectivity index (χ2n) is 3.74. The van der Waals surface area contributed by atoms with Gasteiger partial charge in [-0.3, -0.25) is 4.79 Å². The average molecular weight is 313 g/mol. The summed E-state index contributed by atoms with van der Waals surface area (Å²) in [6.07, 6.45) is 1.93. The van der Waals surface area contributed by atoms with E-state index < -0.39 is 5.82 Å². The summed E-state index contributed by atoms with van der Waals surface area (Å²) in [5.74, 6) is 0.644. The van der Waals surface area contributed by atoms with Crippen LogP contribution in [-0.4, -0.2) is 28.1 Å². The van der Waals surface area contributed by atoms with Crippen molar-refractivity contribution >= 4 is 35.1 Å². The fourth-order valence-corrected chi connectivity index (χ4v) is 2.31. The van der Waals surface area contributed by atoms with Gasteiger partial charge in [0.1, 0.15) is 5.82 Å². The van der Waals surface area contributed by atoms with Crippen molar-refractivity contribution in [2.75, 3.05) is 17.3 Å². The fourth-order valence-electron chi connectivity index (χ4n) is 1.37. The number of anilines is 1. The van der Waals surface area contributed by atoms with Gasteiger partial charge in [-0.05, 0) is 24.5 Å². The molecule has 0 aliphatic carbocycles. The smallest absolute Gasteiger partial charge is 0.277 e. The fraction of sp³-hybridized carbons (Fsp3) is 0.250. The zero-order valence-corrected chi connectivity index (χ0v) is 12.3. The number of rotatable bonds is 6. The number of aromatic nitrogens is 2. The molecule has 0 radical (unpaired) electrons. The molecule has 106 valence electrons. The Balaban J connectivity index is 1.82. The molecule has 1 aromatic carbocycles. The third-order valence-electron chi connectivity index (χ3n) is 2.15. The van der Waals surface area contributed by atoms with Gasteiger partial charge in [0, 0.05) is 5.69 Å². The number of thioether (sulfide) groups is 2. The Hall–Kier alpha value is -1.54. The van der Waals surface area contributed by atoms with Crippen molar-refractivity contribution in [3.8, 4) is 0 Å². The van der Waals surface area contributed by atoms with Crippen molar-refractivity contribution in [3.63, 3.8) is 0 Å². The monoisotopic (exact) mass is 313 g/mol. The first-order valence-electron chi connectivity index (χ1n) is 5.67. The van der Waals surface area contributed by atoms with E-state index in [1.165, 1.54) is 18.2 Å². The quantitative estimate of drug-likeness (QED) is 0.827. The van der Waals surface area contributed by atoms with Gasteiger partial charge in [0.05, 0.1) is 11.5 Å². The number of amides is 1. The molecule has 0 saturated heterocycles. The number of hydrogen-bond acceptors (Lipinski definition) is 6. The molecule has 1 N–H and O–H groups in total. The first-order chi connectivity index (χ1) is 9.67. The van der Waals surface area contributed by atoms with Crippen LogP contribution < -0.4 is 5.32 Å². The number of hydrogen-bond donors (Lipinski definition) is 1. The van der Waals surface area contributed by atoms with Crippen molar-refractivity contribution in [2.24, 2.45) is 0 Å². The Labute approximate surface area is 123 Å². The average Bonchev–Trinajstić information content (AvgIpc) is 2.85. The topological polar surface area (TPSA) is 68.0 Å². The molecular weight excluding hydrogens is 301 g/mol. The van der Waals surface area contributed by atoms with Crippen molar-refractivity contribution in [1.29, 1.82) is 0 Å². The Bertz CT molecular complexity index is 592. The molecule has 1 amide bonds. The van der Waals surface area contributed by atoms with E-state index in [-0.39, 0.29) is 11.7 Å². The van der Waals surface area contributed by atoms with Gasteiger partial charge in [0.15, 0.2) is 0 Å². The van der Waals surface area contributed by atoms with Crippen molar-refractivity contribution < 1.29 is 13.6 Å². The van der Waals surface area contributed by atoms with E-state index in [9.17, 15) is 9.18 Å². The molecular formula is C12H12FN3O2S2. The van der Waals surface area contributed by atoms with Crippen molar-refractivity contribution in [3.05, 3.63) is 36.0 Å². The van der Waals surface area contributed by atoms with Gasteiger partial charge < -0.3 is 9.73 Å². The van der Waals surface area contributed by atoms with Crippen LogP contribution in [0.3, 0.4) is 0 Å². The van der Waals surface area contributed by atoms with Crippen LogP contribution in [0.15, 0.2) is 33.9 Å². The minimum absolute atomic E-state index is 0.122. The predicted octanol–water partition coefficient (Wildman–Crippen LogP) is 2.80. The maximum absolute atomic E-state index is 13.0. The lowest BCUT2D eigenvalue weighted by atomic mass is 10.3. The number of carbonyl (C=O) groups excluding carboxylic acids is 1. The highest BCUT2D eigenvalue weighted by Crippen LogP contribution is 2.18. The second-order valence-corrected chi connectivity index (χ2v) is 5.53. The van der Waals surface area contributed by atoms with Gasteiger partial charge in [-0.1, -0.05) is 17.8 Å². The molecule has 2 aromatic rings. The van der Waals surface area contributed by atoms with Crippen LogP contribution in [0.2, 0.25) is 0 Å². The number of carbonyl (C=O) groups is 1. The molecule has 0 aliphatic rings. The van der Waals surface area contributed by atoms with Gasteiger partial charge in [0.2, 0.25) is 11.8 Å². The molecule has 1 heterocycles. The summed E-state index contributed by atoms with van der Waals surface area (Å²) in [5, 5.41) is 10.6. The molecule has 8 heteroatoms. The molecule has 0 saturated carbocycles. The summed E-state index contributed by atoms with van der Waals surface area (Å²) in [5.41, 5.74) is 0.421. The Kier molecular flexibility index (Phi) is 5.42. The molecule has 0 unspecified atom stereocenters. The van der Waals surface area contributed by atoms with Gasteiger partial charge in [0.25, 0.3) is 5.22 Å². The summed E-state index contributed by atoms with van der Waals surface area (Å²) in [7, 11) is 0. The lowest BCUT2D eigenvalue weighted by Gasteiger charge is -2.03. The van der Waals surface area contributed by atoms with E-state index in [0.717, 1.165) is 11.8 Å². The van der Waals surface area contributed by atoms with Crippen LogP contribution in [0, 0.1) is 5.82 Å². The van der Waals surface area contributed by atoms with Crippen molar-refractivity contribution in [2.45, 2.75) is 11.0 Å². The normalized spacial score (nSPS) is 10.5. The molecule has 0 spiro atoms. The molecule has 5 nitrogen and oxygen atoms in total. The summed E-state index contributed by atoms with van der Waals surface area (Å²) >= 11 is 2.72. The molecule has 2 rings (SSSR count). The molecule has 1 aromatic heterocycles. The zero-order chi connectivity index (χ0) is 14.4. The third kappa shape index (κ3) is 4.53. The largest absolute Gasteiger partial charge is 0.415 e. The van der Waals surface area contributed by atoms with Crippen LogP contribution in [0.1, 0.15) is 5.89 Å². The lowest BCUT2D eigenvalue weighted by molar-refractivity contribution is -0.113. The van der Waals surface area contributed by atoms with Crippen LogP contribution in [-0.2, 0) is 10.5 Å². The standard InChI is InChI=1S/C12H12FN3O2S2/c1-19-7-11-15-16-12(18-11)20-6-10(17)14-9-4-2-3-8(13)5-9/h2-5H,6-7H2,1H3,(H,14,17). The highest BCUT2D eigenvalue weighted by atomic mass is 32.2. The first-order valence-corrected chi connectivity index (χ1v) is 8.05. The minimum atomic E-state index is -0.394. The van der Waals surface area contributed by atoms with E-state index in [0.29, 0.717) is 22.6 Å². The summed E-state index contributed by atoms with van der Waals surface area (Å²) in [6, 6.07) is 5.72. The number of halogens is 1. The predicted molar refractivity (Wildman–Crippen MR) is 77.3 cm³/mol. The van der Waals surface area contributed by atoms with E-state index in [1.807, 2.05) is 6.26 Å². The van der Waals surface area contributed by atoms with Gasteiger partial charge in [-0.15, -0.1) is 10.2 Å². The number of nitrogens with zero attached hydrogens (tertiary/aromatic N) is 2. The third-order valence-corrected chi connectivity index (χ3v) is 3.51. The van der Waals surface area contributed by atoms with E-state index in [4.69, 9.17) is 4.42 Å². The van der Waals surface area contributed by atoms with Crippen LogP contribution in [0.25, 0.3) is 0 Å². The maximum Gasteiger partial charge on any atom is 0.277 e. The Morgan fingerprint density at radius 1 is 1.45 bits per heavy atom. The number of nitrogens with one attached hydrogen (secondary N) is 1. The van der Waals surface area contributed by atoms with Crippen molar-refractivity contribution in [1.82, 2.24) is 10.2 Å². The van der Waals surface area contributed by atoms with Crippen LogP contribution in [0.4, 0.5) is 10.1 Å². The summed E-state index contributed by atoms with van der Waals surface area (Å²) in [4.78, 5) is 11.7. The zero-order valence-electron chi connectivity index (χ0n) is 10.6. The minimum Gasteiger partial charge on any atom is -0.415 e. The van der Waals surface area contributed by atoms with E-state index >= 15 is 0 Å². The summed E-state index contributed by atoms with van der Waals surface area (Å²) in [6.45, 7) is 0. The van der Waals surface area contributed by atoms with E-state index in [2.05, 4.69) is 15.5 Å². The first kappa shape index (κ1) is 14.9. The van der Waals surface area contributed by atoms with Gasteiger partial charge in [-0.2, -0.15) is 11.8 Å². The molecule has 0 aliphatic heterocycles. The lowest BCUT2D eigenvalue weighted by Crippen LogP contribution is -2.14. The number of benzene rings is 1. The Morgan fingerprint density at radius 2 is 2.30 bits per heavy atom. The van der Waals surface area contributed by atoms with E-state index in [1.54, 1.807) is 17.8 Å². The van der Waals surface area contributed by atoms with Crippen LogP contribution >= 0.6 is 23.5 Å². The second kappa shape index (κ2) is 7.30. The maximum atomic E-state index is 13.0. The van der Waals surface area contributed by atoms with Gasteiger partial charge >= 0.3 is 0 Å². The highest BCUT2D eigenvalue weighted by molar-refractivity contribution is 7.99. The molecule has 0 fully saturated rings. The molecule has 0 atom stereocenters.